The number of pyridine rings is 1. The van der Waals surface area contributed by atoms with Crippen LogP contribution in [-0.2, 0) is 32.7 Å². The molecule has 4 aromatic carbocycles. The van der Waals surface area contributed by atoms with Crippen molar-refractivity contribution in [2.75, 3.05) is 4.90 Å². The molecule has 12 heteroatoms. The molecule has 2 amide bonds. The average molecular weight is 744 g/mol. The first-order valence-electron chi connectivity index (χ1n) is 17.1. The second-order valence-corrected chi connectivity index (χ2v) is 13.4. The first-order valence-corrected chi connectivity index (χ1v) is 17.5. The van der Waals surface area contributed by atoms with Crippen molar-refractivity contribution in [1.29, 1.82) is 5.26 Å². The number of thiocarbonyl (C=S) groups is 1. The fraction of sp³-hybridized carbons (Fsp3) is 0.167. The van der Waals surface area contributed by atoms with Crippen LogP contribution in [0.5, 0.6) is 0 Å². The van der Waals surface area contributed by atoms with Crippen molar-refractivity contribution in [2.24, 2.45) is 0 Å². The minimum Gasteiger partial charge on any atom is -0.329 e. The van der Waals surface area contributed by atoms with E-state index < -0.39 is 40.4 Å². The number of hydrogen-bond acceptors (Lipinski definition) is 6. The normalized spacial score (nSPS) is 15.4. The van der Waals surface area contributed by atoms with Gasteiger partial charge < -0.3 is 4.90 Å². The molecule has 0 radical (unpaired) electrons. The van der Waals surface area contributed by atoms with Gasteiger partial charge in [0.1, 0.15) is 11.6 Å². The van der Waals surface area contributed by atoms with Gasteiger partial charge in [-0.15, -0.1) is 0 Å². The largest absolute Gasteiger partial charge is 0.419 e. The van der Waals surface area contributed by atoms with E-state index in [2.05, 4.69) is 10.5 Å². The lowest BCUT2D eigenvalue weighted by molar-refractivity contribution is -0.138. The Bertz CT molecular complexity index is 2160. The van der Waals surface area contributed by atoms with Crippen LogP contribution in [0.4, 0.5) is 18.9 Å². The minimum atomic E-state index is -4.84. The number of alkyl halides is 3. The summed E-state index contributed by atoms with van der Waals surface area (Å²) in [5, 5.41) is 9.24. The SMILES string of the molecule is N#Cc1ncc(N2C(=O)C3(CCC3)N(Cc3ccc(/C=C/C(=O)NOC(c4ccccc4)(c4ccccc4)c4ccccc4)cc3)C2=S)cc1C(F)(F)F. The number of halogens is 3. The van der Waals surface area contributed by atoms with Gasteiger partial charge in [-0.05, 0) is 71.4 Å². The van der Waals surface area contributed by atoms with Crippen molar-refractivity contribution in [3.05, 3.63) is 173 Å². The average Bonchev–Trinajstić information content (AvgIpc) is 3.40. The van der Waals surface area contributed by atoms with Crippen molar-refractivity contribution in [2.45, 2.75) is 43.1 Å². The number of nitrogens with one attached hydrogen (secondary N) is 1. The Hall–Kier alpha value is -6.16. The fourth-order valence-electron chi connectivity index (χ4n) is 6.98. The lowest BCUT2D eigenvalue weighted by Crippen LogP contribution is -2.54. The first-order chi connectivity index (χ1) is 26.1. The zero-order valence-corrected chi connectivity index (χ0v) is 29.5. The Kier molecular flexibility index (Phi) is 9.85. The van der Waals surface area contributed by atoms with E-state index in [0.717, 1.165) is 51.4 Å². The van der Waals surface area contributed by atoms with E-state index in [4.69, 9.17) is 17.1 Å². The highest BCUT2D eigenvalue weighted by atomic mass is 32.1. The maximum atomic E-state index is 13.8. The number of carbonyl (C=O) groups excluding carboxylic acids is 2. The number of aromatic nitrogens is 1. The molecule has 0 atom stereocenters. The van der Waals surface area contributed by atoms with Crippen LogP contribution in [0.3, 0.4) is 0 Å². The molecule has 270 valence electrons. The molecule has 0 unspecified atom stereocenters. The van der Waals surface area contributed by atoms with Gasteiger partial charge in [0.2, 0.25) is 0 Å². The second-order valence-electron chi connectivity index (χ2n) is 13.0. The fourth-order valence-corrected chi connectivity index (χ4v) is 7.41. The molecule has 1 saturated carbocycles. The molecule has 1 saturated heterocycles. The van der Waals surface area contributed by atoms with Gasteiger partial charge in [-0.3, -0.25) is 19.3 Å². The van der Waals surface area contributed by atoms with E-state index in [9.17, 15) is 28.0 Å². The minimum absolute atomic E-state index is 0.0672. The summed E-state index contributed by atoms with van der Waals surface area (Å²) in [5.74, 6) is -0.896. The van der Waals surface area contributed by atoms with Gasteiger partial charge in [0.25, 0.3) is 11.8 Å². The van der Waals surface area contributed by atoms with Gasteiger partial charge in [0.15, 0.2) is 16.4 Å². The summed E-state index contributed by atoms with van der Waals surface area (Å²) in [6.07, 6.45) is 1.00. The van der Waals surface area contributed by atoms with E-state index in [1.54, 1.807) is 11.0 Å². The monoisotopic (exact) mass is 743 g/mol. The van der Waals surface area contributed by atoms with E-state index in [1.165, 1.54) is 12.1 Å². The summed E-state index contributed by atoms with van der Waals surface area (Å²) >= 11 is 5.70. The molecule has 2 heterocycles. The van der Waals surface area contributed by atoms with Gasteiger partial charge in [-0.1, -0.05) is 115 Å². The molecule has 7 rings (SSSR count). The van der Waals surface area contributed by atoms with Gasteiger partial charge in [0, 0.05) is 12.6 Å². The van der Waals surface area contributed by atoms with E-state index in [0.29, 0.717) is 12.8 Å². The van der Waals surface area contributed by atoms with E-state index >= 15 is 0 Å². The highest BCUT2D eigenvalue weighted by Crippen LogP contribution is 2.47. The number of hydroxylamine groups is 1. The maximum absolute atomic E-state index is 13.8. The molecule has 8 nitrogen and oxygen atoms in total. The summed E-state index contributed by atoms with van der Waals surface area (Å²) in [7, 11) is 0. The molecule has 1 aliphatic carbocycles. The Labute approximate surface area is 315 Å². The Morgan fingerprint density at radius 2 is 1.46 bits per heavy atom. The Morgan fingerprint density at radius 3 is 1.94 bits per heavy atom. The van der Waals surface area contributed by atoms with Gasteiger partial charge >= 0.3 is 6.18 Å². The highest BCUT2D eigenvalue weighted by molar-refractivity contribution is 7.80. The van der Waals surface area contributed by atoms with Crippen LogP contribution in [0, 0.1) is 11.3 Å². The summed E-state index contributed by atoms with van der Waals surface area (Å²) < 4.78 is 41.2. The molecule has 1 aliphatic heterocycles. The quantitative estimate of drug-likeness (QED) is 0.0669. The third kappa shape index (κ3) is 6.64. The molecule has 1 aromatic heterocycles. The van der Waals surface area contributed by atoms with Gasteiger partial charge in [-0.2, -0.15) is 18.4 Å². The van der Waals surface area contributed by atoms with Crippen LogP contribution in [0.15, 0.2) is 134 Å². The lowest BCUT2D eigenvalue weighted by Gasteiger charge is -2.43. The number of rotatable bonds is 10. The van der Waals surface area contributed by atoms with Crippen molar-refractivity contribution >= 4 is 40.9 Å². The number of amides is 2. The van der Waals surface area contributed by atoms with Crippen LogP contribution in [0.2, 0.25) is 0 Å². The molecular formula is C42H32F3N5O3S. The second kappa shape index (κ2) is 14.7. The molecule has 54 heavy (non-hydrogen) atoms. The standard InChI is InChI=1S/C42H32F3N5O3S/c43-42(44,45)35-25-34(27-47-36(35)26-46)50-38(52)40(23-10-24-40)49(39(50)54)28-30-19-17-29(18-20-30)21-22-37(51)48-53-41(31-11-4-1-5-12-31,32-13-6-2-7-14-32)33-15-8-3-9-16-33/h1-9,11-22,25,27H,10,23-24,28H2,(H,48,51)/b22-21+. The number of nitriles is 1. The van der Waals surface area contributed by atoms with Crippen LogP contribution < -0.4 is 10.4 Å². The maximum Gasteiger partial charge on any atom is 0.419 e. The Morgan fingerprint density at radius 1 is 0.907 bits per heavy atom. The Balaban J connectivity index is 1.07. The zero-order valence-electron chi connectivity index (χ0n) is 28.7. The smallest absolute Gasteiger partial charge is 0.329 e. The molecule has 0 bridgehead atoms. The van der Waals surface area contributed by atoms with Gasteiger partial charge in [0.05, 0.1) is 17.4 Å². The molecule has 2 fully saturated rings. The summed E-state index contributed by atoms with van der Waals surface area (Å²) in [5.41, 5.74) is 2.38. The zero-order chi connectivity index (χ0) is 37.9. The van der Waals surface area contributed by atoms with Crippen molar-refractivity contribution in [3.8, 4) is 6.07 Å². The number of carbonyl (C=O) groups is 2. The van der Waals surface area contributed by atoms with Crippen molar-refractivity contribution in [1.82, 2.24) is 15.4 Å². The van der Waals surface area contributed by atoms with Crippen LogP contribution in [0.1, 0.15) is 58.3 Å². The summed E-state index contributed by atoms with van der Waals surface area (Å²) in [6, 6.07) is 38.5. The van der Waals surface area contributed by atoms with Crippen LogP contribution in [-0.4, -0.2) is 32.3 Å². The first kappa shape index (κ1) is 36.2. The van der Waals surface area contributed by atoms with Crippen molar-refractivity contribution in [3.63, 3.8) is 0 Å². The van der Waals surface area contributed by atoms with Crippen molar-refractivity contribution < 1.29 is 27.6 Å². The highest BCUT2D eigenvalue weighted by Gasteiger charge is 2.59. The molecule has 1 spiro atoms. The van der Waals surface area contributed by atoms with E-state index in [-0.39, 0.29) is 17.3 Å². The number of benzene rings is 4. The lowest BCUT2D eigenvalue weighted by atomic mass is 9.75. The van der Waals surface area contributed by atoms with Crippen LogP contribution in [0.25, 0.3) is 6.08 Å². The molecule has 1 N–H and O–H groups in total. The van der Waals surface area contributed by atoms with Crippen LogP contribution >= 0.6 is 12.2 Å². The number of hydrogen-bond donors (Lipinski definition) is 1. The summed E-state index contributed by atoms with van der Waals surface area (Å²) in [6.45, 7) is 0.232. The number of nitrogens with zero attached hydrogens (tertiary/aromatic N) is 4. The third-order valence-corrected chi connectivity index (χ3v) is 10.3. The predicted octanol–water partition coefficient (Wildman–Crippen LogP) is 8.08. The topological polar surface area (TPSA) is 98.6 Å². The third-order valence-electron chi connectivity index (χ3n) is 9.86. The van der Waals surface area contributed by atoms with E-state index in [1.807, 2.05) is 115 Å². The predicted molar refractivity (Wildman–Crippen MR) is 200 cm³/mol. The number of anilines is 1. The molecular weight excluding hydrogens is 712 g/mol. The van der Waals surface area contributed by atoms with Gasteiger partial charge in [-0.25, -0.2) is 10.5 Å². The summed E-state index contributed by atoms with van der Waals surface area (Å²) in [4.78, 5) is 39.9. The molecule has 5 aromatic rings. The molecule has 2 aliphatic rings.